The Morgan fingerprint density at radius 3 is 2.52 bits per heavy atom. The molecule has 1 rings (SSSR count). The number of ether oxygens (including phenoxy) is 1. The molecule has 0 atom stereocenters. The molecule has 0 amide bonds. The molecule has 1 aromatic rings. The Morgan fingerprint density at radius 2 is 1.95 bits per heavy atom. The van der Waals surface area contributed by atoms with Gasteiger partial charge in [0.25, 0.3) is 0 Å². The number of rotatable bonds is 6. The van der Waals surface area contributed by atoms with Crippen LogP contribution in [-0.2, 0) is 21.4 Å². The van der Waals surface area contributed by atoms with E-state index in [1.807, 2.05) is 19.1 Å². The summed E-state index contributed by atoms with van der Waals surface area (Å²) >= 11 is 0. The minimum absolute atomic E-state index is 0.0443. The quantitative estimate of drug-likeness (QED) is 0.792. The second-order valence-corrected chi connectivity index (χ2v) is 6.37. The lowest BCUT2D eigenvalue weighted by atomic mass is 9.83. The lowest BCUT2D eigenvalue weighted by Crippen LogP contribution is -2.13. The Kier molecular flexibility index (Phi) is 6.21. The van der Waals surface area contributed by atoms with E-state index >= 15 is 0 Å². The molecule has 0 aliphatic heterocycles. The number of phenolic OH excluding ortho intramolecular Hbond substituents is 1. The van der Waals surface area contributed by atoms with Crippen LogP contribution < -0.4 is 0 Å². The molecule has 0 aliphatic rings. The number of hydrogen-bond acceptors (Lipinski definition) is 4. The lowest BCUT2D eigenvalue weighted by molar-refractivity contribution is -0.144. The number of phenols is 1. The number of hydrogen-bond donors (Lipinski definition) is 2. The van der Waals surface area contributed by atoms with E-state index in [4.69, 9.17) is 9.84 Å². The molecule has 118 valence electrons. The monoisotopic (exact) mass is 294 g/mol. The Morgan fingerprint density at radius 1 is 1.29 bits per heavy atom. The molecule has 1 aromatic carbocycles. The number of aliphatic hydroxyl groups excluding tert-OH is 1. The van der Waals surface area contributed by atoms with E-state index < -0.39 is 0 Å². The van der Waals surface area contributed by atoms with Crippen LogP contribution in [0.2, 0.25) is 0 Å². The first-order chi connectivity index (χ1) is 9.75. The van der Waals surface area contributed by atoms with Crippen molar-refractivity contribution >= 4 is 5.97 Å². The third-order valence-electron chi connectivity index (χ3n) is 3.32. The number of carbonyl (C=O) groups is 1. The predicted molar refractivity (Wildman–Crippen MR) is 82.5 cm³/mol. The molecule has 4 heteroatoms. The van der Waals surface area contributed by atoms with Gasteiger partial charge in [0, 0.05) is 6.42 Å². The van der Waals surface area contributed by atoms with E-state index in [0.29, 0.717) is 18.6 Å². The molecular weight excluding hydrogens is 268 g/mol. The molecule has 4 nitrogen and oxygen atoms in total. The van der Waals surface area contributed by atoms with E-state index in [1.165, 1.54) is 0 Å². The standard InChI is InChI=1S/C17H26O4/c1-12-10-13(6-5-7-15(19)21-9-8-18)16(20)14(11-12)17(2,3)4/h10-11,18,20H,5-9H2,1-4H3. The fourth-order valence-electron chi connectivity index (χ4n) is 2.27. The van der Waals surface area contributed by atoms with Crippen LogP contribution in [-0.4, -0.2) is 29.4 Å². The Bertz CT molecular complexity index is 486. The summed E-state index contributed by atoms with van der Waals surface area (Å²) < 4.78 is 4.81. The molecule has 0 spiro atoms. The number of carbonyl (C=O) groups excluding carboxylic acids is 1. The van der Waals surface area contributed by atoms with Crippen LogP contribution in [0.1, 0.15) is 50.3 Å². The molecule has 0 aliphatic carbocycles. The number of aryl methyl sites for hydroxylation is 2. The zero-order valence-electron chi connectivity index (χ0n) is 13.4. The largest absolute Gasteiger partial charge is 0.507 e. The van der Waals surface area contributed by atoms with Crippen LogP contribution in [0.15, 0.2) is 12.1 Å². The van der Waals surface area contributed by atoms with Crippen molar-refractivity contribution in [2.24, 2.45) is 0 Å². The van der Waals surface area contributed by atoms with Crippen molar-refractivity contribution in [1.29, 1.82) is 0 Å². The molecule has 0 fully saturated rings. The van der Waals surface area contributed by atoms with Crippen LogP contribution in [0, 0.1) is 6.92 Å². The van der Waals surface area contributed by atoms with Gasteiger partial charge in [-0.3, -0.25) is 4.79 Å². The van der Waals surface area contributed by atoms with Gasteiger partial charge in [0.05, 0.1) is 6.61 Å². The van der Waals surface area contributed by atoms with Crippen LogP contribution in [0.5, 0.6) is 5.75 Å². The van der Waals surface area contributed by atoms with Gasteiger partial charge >= 0.3 is 5.97 Å². The molecule has 2 N–H and O–H groups in total. The van der Waals surface area contributed by atoms with E-state index in [0.717, 1.165) is 16.7 Å². The zero-order valence-corrected chi connectivity index (χ0v) is 13.4. The molecule has 0 bridgehead atoms. The first-order valence-corrected chi connectivity index (χ1v) is 7.35. The Labute approximate surface area is 126 Å². The summed E-state index contributed by atoms with van der Waals surface area (Å²) in [7, 11) is 0. The summed E-state index contributed by atoms with van der Waals surface area (Å²) in [5, 5.41) is 19.0. The molecule has 0 saturated heterocycles. The first-order valence-electron chi connectivity index (χ1n) is 7.35. The van der Waals surface area contributed by atoms with Crippen molar-refractivity contribution in [3.05, 3.63) is 28.8 Å². The summed E-state index contributed by atoms with van der Waals surface area (Å²) in [4.78, 5) is 11.4. The van der Waals surface area contributed by atoms with Crippen molar-refractivity contribution in [1.82, 2.24) is 0 Å². The van der Waals surface area contributed by atoms with Crippen molar-refractivity contribution in [3.63, 3.8) is 0 Å². The van der Waals surface area contributed by atoms with E-state index in [1.54, 1.807) is 0 Å². The molecule has 0 unspecified atom stereocenters. The summed E-state index contributed by atoms with van der Waals surface area (Å²) in [5.41, 5.74) is 2.79. The van der Waals surface area contributed by atoms with E-state index in [-0.39, 0.29) is 31.0 Å². The van der Waals surface area contributed by atoms with Crippen LogP contribution in [0.4, 0.5) is 0 Å². The molecular formula is C17H26O4. The van der Waals surface area contributed by atoms with E-state index in [9.17, 15) is 9.90 Å². The smallest absolute Gasteiger partial charge is 0.305 e. The Hall–Kier alpha value is -1.55. The van der Waals surface area contributed by atoms with Gasteiger partial charge in [0.1, 0.15) is 12.4 Å². The van der Waals surface area contributed by atoms with Gasteiger partial charge in [0.2, 0.25) is 0 Å². The molecule has 0 saturated carbocycles. The molecule has 0 heterocycles. The summed E-state index contributed by atoms with van der Waals surface area (Å²) in [5.74, 6) is 0.0177. The second-order valence-electron chi connectivity index (χ2n) is 6.37. The number of esters is 1. The van der Waals surface area contributed by atoms with Gasteiger partial charge in [-0.25, -0.2) is 0 Å². The first kappa shape index (κ1) is 17.5. The van der Waals surface area contributed by atoms with Crippen LogP contribution in [0.3, 0.4) is 0 Å². The van der Waals surface area contributed by atoms with Gasteiger partial charge in [-0.1, -0.05) is 38.5 Å². The van der Waals surface area contributed by atoms with Gasteiger partial charge < -0.3 is 14.9 Å². The minimum Gasteiger partial charge on any atom is -0.507 e. The highest BCUT2D eigenvalue weighted by molar-refractivity contribution is 5.69. The number of benzene rings is 1. The average Bonchev–Trinajstić information content (AvgIpc) is 2.38. The third-order valence-corrected chi connectivity index (χ3v) is 3.32. The van der Waals surface area contributed by atoms with Gasteiger partial charge in [0.15, 0.2) is 0 Å². The number of aromatic hydroxyl groups is 1. The van der Waals surface area contributed by atoms with E-state index in [2.05, 4.69) is 20.8 Å². The normalized spacial score (nSPS) is 11.5. The van der Waals surface area contributed by atoms with Crippen LogP contribution >= 0.6 is 0 Å². The predicted octanol–water partition coefficient (Wildman–Crippen LogP) is 2.86. The minimum atomic E-state index is -0.313. The van der Waals surface area contributed by atoms with Crippen molar-refractivity contribution < 1.29 is 19.7 Å². The lowest BCUT2D eigenvalue weighted by Gasteiger charge is -2.23. The highest BCUT2D eigenvalue weighted by Gasteiger charge is 2.20. The summed E-state index contributed by atoms with van der Waals surface area (Å²) in [6, 6.07) is 3.97. The SMILES string of the molecule is Cc1cc(CCCC(=O)OCCO)c(O)c(C(C)(C)C)c1. The maximum absolute atomic E-state index is 11.4. The maximum atomic E-state index is 11.4. The summed E-state index contributed by atoms with van der Waals surface area (Å²) in [6.07, 6.45) is 1.54. The summed E-state index contributed by atoms with van der Waals surface area (Å²) in [6.45, 7) is 8.10. The van der Waals surface area contributed by atoms with Gasteiger partial charge in [-0.2, -0.15) is 0 Å². The third kappa shape index (κ3) is 5.38. The zero-order chi connectivity index (χ0) is 16.0. The molecule has 0 radical (unpaired) electrons. The topological polar surface area (TPSA) is 66.8 Å². The second kappa shape index (κ2) is 7.46. The Balaban J connectivity index is 2.72. The highest BCUT2D eigenvalue weighted by Crippen LogP contribution is 2.34. The van der Waals surface area contributed by atoms with Crippen LogP contribution in [0.25, 0.3) is 0 Å². The fraction of sp³-hybridized carbons (Fsp3) is 0.588. The van der Waals surface area contributed by atoms with Gasteiger partial charge in [-0.05, 0) is 36.3 Å². The van der Waals surface area contributed by atoms with Gasteiger partial charge in [-0.15, -0.1) is 0 Å². The highest BCUT2D eigenvalue weighted by atomic mass is 16.5. The van der Waals surface area contributed by atoms with Crippen molar-refractivity contribution in [3.8, 4) is 5.75 Å². The van der Waals surface area contributed by atoms with Crippen molar-refractivity contribution in [2.75, 3.05) is 13.2 Å². The molecule has 0 aromatic heterocycles. The fourth-order valence-corrected chi connectivity index (χ4v) is 2.27. The van der Waals surface area contributed by atoms with Crippen molar-refractivity contribution in [2.45, 2.75) is 52.4 Å². The average molecular weight is 294 g/mol. The maximum Gasteiger partial charge on any atom is 0.305 e. The number of aliphatic hydroxyl groups is 1. The molecule has 21 heavy (non-hydrogen) atoms.